The smallest absolute Gasteiger partial charge is 0.206 e. The van der Waals surface area contributed by atoms with Gasteiger partial charge in [0.2, 0.25) is 5.78 Å². The van der Waals surface area contributed by atoms with Crippen LogP contribution >= 0.6 is 0 Å². The first-order valence-corrected chi connectivity index (χ1v) is 5.91. The number of ketones is 1. The first-order valence-electron chi connectivity index (χ1n) is 5.91. The lowest BCUT2D eigenvalue weighted by Crippen LogP contribution is -2.16. The van der Waals surface area contributed by atoms with Gasteiger partial charge in [-0.15, -0.1) is 5.10 Å². The third-order valence-electron chi connectivity index (χ3n) is 2.69. The zero-order valence-electron chi connectivity index (χ0n) is 10.9. The minimum absolute atomic E-state index is 0.0784. The summed E-state index contributed by atoms with van der Waals surface area (Å²) in [6, 6.07) is 0. The van der Waals surface area contributed by atoms with Crippen LogP contribution in [0.2, 0.25) is 0 Å². The van der Waals surface area contributed by atoms with Crippen LogP contribution in [0.5, 0.6) is 5.75 Å². The third-order valence-corrected chi connectivity index (χ3v) is 2.69. The Bertz CT molecular complexity index is 552. The SMILES string of the molecule is CCn1ncc(OC)c1C(=O)Cn1cc(CN)nn1. The number of methoxy groups -OCH3 is 1. The average Bonchev–Trinajstić information content (AvgIpc) is 3.03. The largest absolute Gasteiger partial charge is 0.493 e. The minimum atomic E-state index is -0.135. The van der Waals surface area contributed by atoms with Crippen molar-refractivity contribution in [1.29, 1.82) is 0 Å². The highest BCUT2D eigenvalue weighted by Crippen LogP contribution is 2.18. The summed E-state index contributed by atoms with van der Waals surface area (Å²) in [5.74, 6) is 0.329. The van der Waals surface area contributed by atoms with Crippen molar-refractivity contribution < 1.29 is 9.53 Å². The second-order valence-electron chi connectivity index (χ2n) is 3.91. The van der Waals surface area contributed by atoms with E-state index in [1.54, 1.807) is 10.9 Å². The van der Waals surface area contributed by atoms with E-state index >= 15 is 0 Å². The van der Waals surface area contributed by atoms with Crippen molar-refractivity contribution >= 4 is 5.78 Å². The lowest BCUT2D eigenvalue weighted by molar-refractivity contribution is 0.0953. The molecule has 0 aliphatic heterocycles. The summed E-state index contributed by atoms with van der Waals surface area (Å²) in [5.41, 5.74) is 6.53. The van der Waals surface area contributed by atoms with Gasteiger partial charge in [-0.1, -0.05) is 5.21 Å². The van der Waals surface area contributed by atoms with Gasteiger partial charge in [0.25, 0.3) is 0 Å². The molecular weight excluding hydrogens is 248 g/mol. The van der Waals surface area contributed by atoms with Crippen molar-refractivity contribution in [3.63, 3.8) is 0 Å². The van der Waals surface area contributed by atoms with Gasteiger partial charge in [-0.25, -0.2) is 4.68 Å². The molecule has 0 saturated heterocycles. The molecule has 2 heterocycles. The molecule has 0 bridgehead atoms. The van der Waals surface area contributed by atoms with Crippen molar-refractivity contribution in [2.45, 2.75) is 26.6 Å². The Morgan fingerprint density at radius 1 is 1.53 bits per heavy atom. The number of ether oxygens (including phenoxy) is 1. The lowest BCUT2D eigenvalue weighted by atomic mass is 10.2. The van der Waals surface area contributed by atoms with E-state index in [2.05, 4.69) is 15.4 Å². The van der Waals surface area contributed by atoms with E-state index in [4.69, 9.17) is 10.5 Å². The predicted octanol–water partition coefficient (Wildman–Crippen LogP) is -0.155. The van der Waals surface area contributed by atoms with E-state index in [1.165, 1.54) is 18.0 Å². The molecule has 0 amide bonds. The van der Waals surface area contributed by atoms with Crippen LogP contribution in [0.25, 0.3) is 0 Å². The number of carbonyl (C=O) groups excluding carboxylic acids is 1. The van der Waals surface area contributed by atoms with E-state index in [0.717, 1.165) is 0 Å². The molecule has 0 saturated carbocycles. The number of aryl methyl sites for hydroxylation is 1. The Morgan fingerprint density at radius 3 is 2.89 bits per heavy atom. The molecule has 102 valence electrons. The summed E-state index contributed by atoms with van der Waals surface area (Å²) in [6.45, 7) is 2.88. The Labute approximate surface area is 110 Å². The minimum Gasteiger partial charge on any atom is -0.493 e. The van der Waals surface area contributed by atoms with E-state index in [9.17, 15) is 4.79 Å². The van der Waals surface area contributed by atoms with Crippen molar-refractivity contribution in [1.82, 2.24) is 24.8 Å². The molecule has 19 heavy (non-hydrogen) atoms. The first kappa shape index (κ1) is 13.2. The summed E-state index contributed by atoms with van der Waals surface area (Å²) in [7, 11) is 1.51. The van der Waals surface area contributed by atoms with Crippen molar-refractivity contribution in [2.75, 3.05) is 7.11 Å². The maximum absolute atomic E-state index is 12.3. The molecule has 0 aliphatic carbocycles. The monoisotopic (exact) mass is 264 g/mol. The fourth-order valence-corrected chi connectivity index (χ4v) is 1.77. The summed E-state index contributed by atoms with van der Waals surface area (Å²) >= 11 is 0. The van der Waals surface area contributed by atoms with Gasteiger partial charge in [0.1, 0.15) is 12.2 Å². The Morgan fingerprint density at radius 2 is 2.32 bits per heavy atom. The summed E-state index contributed by atoms with van der Waals surface area (Å²) < 4.78 is 8.20. The quantitative estimate of drug-likeness (QED) is 0.728. The number of Topliss-reactive ketones (excluding diaryl/α,β-unsaturated/α-hetero) is 1. The third kappa shape index (κ3) is 2.63. The number of hydrogen-bond acceptors (Lipinski definition) is 6. The first-order chi connectivity index (χ1) is 9.19. The summed E-state index contributed by atoms with van der Waals surface area (Å²) in [5, 5.41) is 11.8. The zero-order valence-corrected chi connectivity index (χ0v) is 10.9. The molecule has 8 nitrogen and oxygen atoms in total. The van der Waals surface area contributed by atoms with Crippen LogP contribution in [0.4, 0.5) is 0 Å². The van der Waals surface area contributed by atoms with Gasteiger partial charge >= 0.3 is 0 Å². The number of aromatic nitrogens is 5. The molecule has 2 N–H and O–H groups in total. The topological polar surface area (TPSA) is 101 Å². The molecule has 0 unspecified atom stereocenters. The molecule has 8 heteroatoms. The van der Waals surface area contributed by atoms with Crippen molar-refractivity contribution in [3.8, 4) is 5.75 Å². The molecule has 2 aromatic heterocycles. The second kappa shape index (κ2) is 5.61. The van der Waals surface area contributed by atoms with Crippen LogP contribution in [0, 0.1) is 0 Å². The summed E-state index contributed by atoms with van der Waals surface area (Å²) in [6.07, 6.45) is 3.18. The zero-order chi connectivity index (χ0) is 13.8. The highest BCUT2D eigenvalue weighted by atomic mass is 16.5. The van der Waals surface area contributed by atoms with Crippen molar-refractivity contribution in [2.24, 2.45) is 5.73 Å². The van der Waals surface area contributed by atoms with Gasteiger partial charge in [-0.3, -0.25) is 9.48 Å². The van der Waals surface area contributed by atoms with Gasteiger partial charge in [0, 0.05) is 13.1 Å². The van der Waals surface area contributed by atoms with E-state index in [1.807, 2.05) is 6.92 Å². The molecule has 0 radical (unpaired) electrons. The number of nitrogens with two attached hydrogens (primary N) is 1. The number of carbonyl (C=O) groups is 1. The van der Waals surface area contributed by atoms with Gasteiger partial charge in [0.15, 0.2) is 5.75 Å². The number of nitrogens with zero attached hydrogens (tertiary/aromatic N) is 5. The van der Waals surface area contributed by atoms with Crippen LogP contribution in [-0.4, -0.2) is 37.7 Å². The Balaban J connectivity index is 2.21. The molecular formula is C11H16N6O2. The van der Waals surface area contributed by atoms with E-state index in [-0.39, 0.29) is 12.3 Å². The van der Waals surface area contributed by atoms with Crippen LogP contribution in [0.1, 0.15) is 23.1 Å². The number of hydrogen-bond donors (Lipinski definition) is 1. The Kier molecular flexibility index (Phi) is 3.91. The van der Waals surface area contributed by atoms with Crippen molar-refractivity contribution in [3.05, 3.63) is 23.8 Å². The molecule has 0 spiro atoms. The average molecular weight is 264 g/mol. The van der Waals surface area contributed by atoms with Crippen LogP contribution < -0.4 is 10.5 Å². The van der Waals surface area contributed by atoms with E-state index < -0.39 is 0 Å². The maximum atomic E-state index is 12.3. The molecule has 0 aromatic carbocycles. The van der Waals surface area contributed by atoms with Gasteiger partial charge in [-0.2, -0.15) is 5.10 Å². The molecule has 0 fully saturated rings. The summed E-state index contributed by atoms with van der Waals surface area (Å²) in [4.78, 5) is 12.3. The standard InChI is InChI=1S/C11H16N6O2/c1-3-17-11(10(19-2)5-13-17)9(18)7-16-6-8(4-12)14-15-16/h5-6H,3-4,7,12H2,1-2H3. The van der Waals surface area contributed by atoms with Crippen LogP contribution in [0.3, 0.4) is 0 Å². The second-order valence-corrected chi connectivity index (χ2v) is 3.91. The van der Waals surface area contributed by atoms with E-state index in [0.29, 0.717) is 30.2 Å². The predicted molar refractivity (Wildman–Crippen MR) is 66.7 cm³/mol. The van der Waals surface area contributed by atoms with Gasteiger partial charge in [-0.05, 0) is 6.92 Å². The molecule has 0 atom stereocenters. The highest BCUT2D eigenvalue weighted by molar-refractivity contribution is 5.96. The highest BCUT2D eigenvalue weighted by Gasteiger charge is 2.19. The normalized spacial score (nSPS) is 10.7. The van der Waals surface area contributed by atoms with Crippen LogP contribution in [-0.2, 0) is 19.6 Å². The molecule has 2 aromatic rings. The number of rotatable bonds is 6. The molecule has 0 aliphatic rings. The Hall–Kier alpha value is -2.22. The fourth-order valence-electron chi connectivity index (χ4n) is 1.77. The van der Waals surface area contributed by atoms with Gasteiger partial charge < -0.3 is 10.5 Å². The fraction of sp³-hybridized carbons (Fsp3) is 0.455. The maximum Gasteiger partial charge on any atom is 0.206 e. The molecule has 2 rings (SSSR count). The lowest BCUT2D eigenvalue weighted by Gasteiger charge is -2.06. The van der Waals surface area contributed by atoms with Gasteiger partial charge in [0.05, 0.1) is 25.2 Å². The van der Waals surface area contributed by atoms with Crippen LogP contribution in [0.15, 0.2) is 12.4 Å².